The number of hydrogen-bond acceptors (Lipinski definition) is 7. The number of furan rings is 1. The number of imidazole rings is 1. The van der Waals surface area contributed by atoms with Gasteiger partial charge in [0.15, 0.2) is 17.3 Å². The second-order valence-electron chi connectivity index (χ2n) is 7.97. The molecule has 0 aliphatic carbocycles. The summed E-state index contributed by atoms with van der Waals surface area (Å²) in [5.41, 5.74) is 2.24. The fraction of sp³-hybridized carbons (Fsp3) is 0.222. The first-order valence-electron chi connectivity index (χ1n) is 11.5. The third-order valence-electron chi connectivity index (χ3n) is 5.59. The fourth-order valence-corrected chi connectivity index (χ4v) is 3.74. The Labute approximate surface area is 214 Å². The first-order chi connectivity index (χ1) is 18.0. The summed E-state index contributed by atoms with van der Waals surface area (Å²) < 4.78 is 22.9. The summed E-state index contributed by atoms with van der Waals surface area (Å²) in [6.45, 7) is 0.253. The molecule has 4 rings (SSSR count). The molecule has 10 heteroatoms. The van der Waals surface area contributed by atoms with Gasteiger partial charge in [0.05, 0.1) is 38.5 Å². The molecule has 0 unspecified atom stereocenters. The smallest absolute Gasteiger partial charge is 0.290 e. The number of methoxy groups -OCH3 is 3. The average molecular weight is 505 g/mol. The molecular weight excluding hydrogens is 476 g/mol. The van der Waals surface area contributed by atoms with Crippen LogP contribution in [0.4, 0.5) is 5.95 Å². The molecule has 4 aromatic rings. The van der Waals surface area contributed by atoms with E-state index < -0.39 is 11.8 Å². The van der Waals surface area contributed by atoms with Crippen LogP contribution in [0.2, 0.25) is 0 Å². The number of amides is 2. The Morgan fingerprint density at radius 2 is 1.78 bits per heavy atom. The first-order valence-corrected chi connectivity index (χ1v) is 11.5. The van der Waals surface area contributed by atoms with Gasteiger partial charge in [-0.2, -0.15) is 0 Å². The minimum absolute atomic E-state index is 0.141. The van der Waals surface area contributed by atoms with E-state index in [-0.39, 0.29) is 31.4 Å². The first kappa shape index (κ1) is 25.5. The molecule has 0 saturated heterocycles. The molecule has 0 bridgehead atoms. The van der Waals surface area contributed by atoms with Crippen LogP contribution < -0.4 is 14.8 Å². The molecule has 10 nitrogen and oxygen atoms in total. The van der Waals surface area contributed by atoms with Gasteiger partial charge in [0.2, 0.25) is 11.9 Å². The van der Waals surface area contributed by atoms with E-state index in [4.69, 9.17) is 18.6 Å². The van der Waals surface area contributed by atoms with Crippen LogP contribution >= 0.6 is 0 Å². The van der Waals surface area contributed by atoms with Crippen molar-refractivity contribution in [2.45, 2.75) is 0 Å². The van der Waals surface area contributed by atoms with E-state index in [2.05, 4.69) is 10.3 Å². The van der Waals surface area contributed by atoms with Gasteiger partial charge in [0.1, 0.15) is 6.54 Å². The Bertz CT molecular complexity index is 1330. The van der Waals surface area contributed by atoms with Crippen molar-refractivity contribution in [2.75, 3.05) is 46.3 Å². The molecule has 37 heavy (non-hydrogen) atoms. The molecule has 0 fully saturated rings. The Hall–Kier alpha value is -4.57. The van der Waals surface area contributed by atoms with E-state index in [9.17, 15) is 9.59 Å². The molecule has 1 N–H and O–H groups in total. The van der Waals surface area contributed by atoms with Gasteiger partial charge >= 0.3 is 0 Å². The lowest BCUT2D eigenvalue weighted by Gasteiger charge is -2.20. The zero-order valence-corrected chi connectivity index (χ0v) is 20.8. The van der Waals surface area contributed by atoms with Gasteiger partial charge in [0.25, 0.3) is 5.91 Å². The summed E-state index contributed by atoms with van der Waals surface area (Å²) in [6, 6.07) is 18.2. The lowest BCUT2D eigenvalue weighted by molar-refractivity contribution is -0.117. The van der Waals surface area contributed by atoms with Crippen LogP contribution in [0.25, 0.3) is 16.9 Å². The number of carbonyl (C=O) groups excluding carboxylic acids is 2. The van der Waals surface area contributed by atoms with Crippen molar-refractivity contribution < 1.29 is 28.2 Å². The van der Waals surface area contributed by atoms with Crippen LogP contribution in [0.1, 0.15) is 10.6 Å². The predicted molar refractivity (Wildman–Crippen MR) is 137 cm³/mol. The molecule has 2 heterocycles. The Kier molecular flexibility index (Phi) is 8.22. The second kappa shape index (κ2) is 11.9. The van der Waals surface area contributed by atoms with Crippen molar-refractivity contribution in [3.63, 3.8) is 0 Å². The minimum Gasteiger partial charge on any atom is -0.493 e. The van der Waals surface area contributed by atoms with Crippen molar-refractivity contribution in [1.82, 2.24) is 14.5 Å². The molecule has 0 saturated carbocycles. The van der Waals surface area contributed by atoms with Gasteiger partial charge in [-0.05, 0) is 24.3 Å². The third-order valence-corrected chi connectivity index (χ3v) is 5.59. The predicted octanol–water partition coefficient (Wildman–Crippen LogP) is 3.88. The molecule has 0 aliphatic heterocycles. The average Bonchev–Trinajstić information content (AvgIpc) is 3.61. The highest BCUT2D eigenvalue weighted by Crippen LogP contribution is 2.31. The molecule has 0 radical (unpaired) electrons. The second-order valence-corrected chi connectivity index (χ2v) is 7.97. The summed E-state index contributed by atoms with van der Waals surface area (Å²) in [5, 5.41) is 2.85. The van der Waals surface area contributed by atoms with Crippen molar-refractivity contribution in [1.29, 1.82) is 0 Å². The van der Waals surface area contributed by atoms with E-state index in [1.165, 1.54) is 18.3 Å². The molecule has 2 amide bonds. The number of hydrogen-bond donors (Lipinski definition) is 1. The van der Waals surface area contributed by atoms with Gasteiger partial charge < -0.3 is 23.5 Å². The topological polar surface area (TPSA) is 108 Å². The van der Waals surface area contributed by atoms with Crippen LogP contribution in [0, 0.1) is 0 Å². The molecule has 0 spiro atoms. The number of nitrogens with one attached hydrogen (secondary N) is 1. The van der Waals surface area contributed by atoms with E-state index in [0.717, 1.165) is 5.56 Å². The van der Waals surface area contributed by atoms with Crippen molar-refractivity contribution in [3.8, 4) is 28.4 Å². The summed E-state index contributed by atoms with van der Waals surface area (Å²) in [5.74, 6) is 0.691. The molecular formula is C27H28N4O6. The summed E-state index contributed by atoms with van der Waals surface area (Å²) in [6.07, 6.45) is 3.23. The largest absolute Gasteiger partial charge is 0.493 e. The lowest BCUT2D eigenvalue weighted by atomic mass is 10.2. The standard InChI is InChI=1S/C27H28N4O6/c1-34-15-13-30(26(33)23-10-7-14-37-23)18-25(32)29-27-28-21(19-8-5-4-6-9-19)17-31(27)20-11-12-22(35-2)24(16-20)36-3/h4-12,14,16-17H,13,15,18H2,1-3H3,(H,28,29,32). The summed E-state index contributed by atoms with van der Waals surface area (Å²) >= 11 is 0. The maximum atomic E-state index is 13.1. The van der Waals surface area contributed by atoms with Crippen LogP contribution in [0.3, 0.4) is 0 Å². The Morgan fingerprint density at radius 1 is 1.00 bits per heavy atom. The summed E-state index contributed by atoms with van der Waals surface area (Å²) in [4.78, 5) is 32.0. The van der Waals surface area contributed by atoms with Gasteiger partial charge in [-0.15, -0.1) is 0 Å². The number of rotatable bonds is 11. The SMILES string of the molecule is COCCN(CC(=O)Nc1nc(-c2ccccc2)cn1-c1ccc(OC)c(OC)c1)C(=O)c1ccco1. The zero-order valence-electron chi connectivity index (χ0n) is 20.8. The van der Waals surface area contributed by atoms with Crippen molar-refractivity contribution in [2.24, 2.45) is 0 Å². The molecule has 2 aromatic carbocycles. The Balaban J connectivity index is 1.64. The number of aromatic nitrogens is 2. The zero-order chi connectivity index (χ0) is 26.2. The van der Waals surface area contributed by atoms with Crippen LogP contribution in [0.5, 0.6) is 11.5 Å². The van der Waals surface area contributed by atoms with E-state index in [1.807, 2.05) is 42.6 Å². The van der Waals surface area contributed by atoms with Crippen LogP contribution in [0.15, 0.2) is 77.5 Å². The molecule has 2 aromatic heterocycles. The molecule has 0 atom stereocenters. The maximum absolute atomic E-state index is 13.1. The quantitative estimate of drug-likeness (QED) is 0.330. The van der Waals surface area contributed by atoms with Gasteiger partial charge in [-0.1, -0.05) is 30.3 Å². The Morgan fingerprint density at radius 3 is 2.46 bits per heavy atom. The minimum atomic E-state index is -0.428. The lowest BCUT2D eigenvalue weighted by Crippen LogP contribution is -2.40. The number of nitrogens with zero attached hydrogens (tertiary/aromatic N) is 3. The molecule has 192 valence electrons. The highest BCUT2D eigenvalue weighted by atomic mass is 16.5. The number of carbonyl (C=O) groups is 2. The van der Waals surface area contributed by atoms with Crippen LogP contribution in [-0.4, -0.2) is 67.3 Å². The number of anilines is 1. The van der Waals surface area contributed by atoms with E-state index >= 15 is 0 Å². The highest BCUT2D eigenvalue weighted by molar-refractivity contribution is 5.97. The highest BCUT2D eigenvalue weighted by Gasteiger charge is 2.22. The van der Waals surface area contributed by atoms with Gasteiger partial charge in [0, 0.05) is 31.5 Å². The van der Waals surface area contributed by atoms with Crippen molar-refractivity contribution in [3.05, 3.63) is 78.9 Å². The number of benzene rings is 2. The normalized spacial score (nSPS) is 10.7. The maximum Gasteiger partial charge on any atom is 0.290 e. The van der Waals surface area contributed by atoms with Crippen LogP contribution in [-0.2, 0) is 9.53 Å². The van der Waals surface area contributed by atoms with Gasteiger partial charge in [-0.3, -0.25) is 19.5 Å². The molecule has 0 aliphatic rings. The van der Waals surface area contributed by atoms with E-state index in [1.54, 1.807) is 43.1 Å². The fourth-order valence-electron chi connectivity index (χ4n) is 3.74. The van der Waals surface area contributed by atoms with E-state index in [0.29, 0.717) is 22.9 Å². The third kappa shape index (κ3) is 5.99. The van der Waals surface area contributed by atoms with Gasteiger partial charge in [-0.25, -0.2) is 4.98 Å². The number of ether oxygens (including phenoxy) is 3. The summed E-state index contributed by atoms with van der Waals surface area (Å²) in [7, 11) is 4.65. The monoisotopic (exact) mass is 504 g/mol. The van der Waals surface area contributed by atoms with Crippen molar-refractivity contribution >= 4 is 17.8 Å².